The number of hydrogen-bond acceptors (Lipinski definition) is 3. The van der Waals surface area contributed by atoms with Crippen molar-refractivity contribution in [2.75, 3.05) is 11.9 Å². The van der Waals surface area contributed by atoms with Crippen molar-refractivity contribution in [3.8, 4) is 5.75 Å². The SMILES string of the molecule is FC(F)(F)COc1ccc(NCc2ccc(Br)s2)cc1. The first-order chi connectivity index (χ1) is 9.42. The molecule has 0 amide bonds. The van der Waals surface area contributed by atoms with Crippen LogP contribution in [-0.4, -0.2) is 12.8 Å². The van der Waals surface area contributed by atoms with Crippen molar-refractivity contribution in [3.05, 3.63) is 45.1 Å². The van der Waals surface area contributed by atoms with Crippen LogP contribution in [-0.2, 0) is 6.54 Å². The number of ether oxygens (including phenoxy) is 1. The summed E-state index contributed by atoms with van der Waals surface area (Å²) in [5.74, 6) is 0.201. The molecule has 0 aliphatic rings. The van der Waals surface area contributed by atoms with Gasteiger partial charge in [-0.25, -0.2) is 0 Å². The molecule has 2 aromatic rings. The Labute approximate surface area is 126 Å². The molecule has 7 heteroatoms. The van der Waals surface area contributed by atoms with Crippen molar-refractivity contribution >= 4 is 33.0 Å². The summed E-state index contributed by atoms with van der Waals surface area (Å²) >= 11 is 5.01. The van der Waals surface area contributed by atoms with E-state index in [2.05, 4.69) is 26.0 Å². The summed E-state index contributed by atoms with van der Waals surface area (Å²) in [5.41, 5.74) is 0.828. The van der Waals surface area contributed by atoms with Gasteiger partial charge in [0.25, 0.3) is 0 Å². The van der Waals surface area contributed by atoms with Gasteiger partial charge in [-0.1, -0.05) is 0 Å². The summed E-state index contributed by atoms with van der Waals surface area (Å²) in [5, 5.41) is 3.19. The number of rotatable bonds is 5. The number of thiophene rings is 1. The minimum absolute atomic E-state index is 0.201. The first-order valence-corrected chi connectivity index (χ1v) is 7.31. The first-order valence-electron chi connectivity index (χ1n) is 5.70. The van der Waals surface area contributed by atoms with Gasteiger partial charge >= 0.3 is 6.18 Å². The molecule has 2 nitrogen and oxygen atoms in total. The molecule has 0 radical (unpaired) electrons. The molecule has 1 heterocycles. The Bertz CT molecular complexity index is 553. The zero-order valence-corrected chi connectivity index (χ0v) is 12.6. The molecule has 1 aromatic heterocycles. The maximum Gasteiger partial charge on any atom is 0.422 e. The van der Waals surface area contributed by atoms with Crippen molar-refractivity contribution in [2.45, 2.75) is 12.7 Å². The average molecular weight is 366 g/mol. The van der Waals surface area contributed by atoms with Gasteiger partial charge in [0.15, 0.2) is 6.61 Å². The zero-order valence-electron chi connectivity index (χ0n) is 10.2. The fraction of sp³-hybridized carbons (Fsp3) is 0.231. The Morgan fingerprint density at radius 3 is 2.35 bits per heavy atom. The van der Waals surface area contributed by atoms with Crippen LogP contribution in [0.25, 0.3) is 0 Å². The quantitative estimate of drug-likeness (QED) is 0.798. The number of hydrogen-bond donors (Lipinski definition) is 1. The number of nitrogens with one attached hydrogen (secondary N) is 1. The minimum atomic E-state index is -4.32. The molecule has 108 valence electrons. The molecule has 0 saturated heterocycles. The van der Waals surface area contributed by atoms with Crippen LogP contribution >= 0.6 is 27.3 Å². The standard InChI is InChI=1S/C13H11BrF3NOS/c14-12-6-5-11(20-12)7-18-9-1-3-10(4-2-9)19-8-13(15,16)17/h1-6,18H,7-8H2. The lowest BCUT2D eigenvalue weighted by molar-refractivity contribution is -0.153. The molecule has 0 saturated carbocycles. The molecule has 20 heavy (non-hydrogen) atoms. The molecule has 0 aliphatic heterocycles. The predicted octanol–water partition coefficient (Wildman–Crippen LogP) is 5.06. The van der Waals surface area contributed by atoms with Crippen molar-refractivity contribution < 1.29 is 17.9 Å². The van der Waals surface area contributed by atoms with Gasteiger partial charge in [0.2, 0.25) is 0 Å². The van der Waals surface area contributed by atoms with Crippen LogP contribution in [0.3, 0.4) is 0 Å². The molecule has 1 N–H and O–H groups in total. The van der Waals surface area contributed by atoms with Crippen LogP contribution in [0.5, 0.6) is 5.75 Å². The summed E-state index contributed by atoms with van der Waals surface area (Å²) in [4.78, 5) is 1.16. The maximum absolute atomic E-state index is 12.0. The molecule has 0 unspecified atom stereocenters. The van der Waals surface area contributed by atoms with E-state index in [-0.39, 0.29) is 5.75 Å². The zero-order chi connectivity index (χ0) is 14.6. The minimum Gasteiger partial charge on any atom is -0.484 e. The number of benzene rings is 1. The number of alkyl halides is 3. The van der Waals surface area contributed by atoms with E-state index in [0.29, 0.717) is 6.54 Å². The Kier molecular flexibility index (Phi) is 4.93. The lowest BCUT2D eigenvalue weighted by Crippen LogP contribution is -2.19. The molecule has 1 aromatic carbocycles. The Morgan fingerprint density at radius 2 is 1.80 bits per heavy atom. The molecule has 0 spiro atoms. The normalized spacial score (nSPS) is 11.4. The molecular formula is C13H11BrF3NOS. The predicted molar refractivity (Wildman–Crippen MR) is 77.3 cm³/mol. The van der Waals surface area contributed by atoms with E-state index in [1.54, 1.807) is 23.5 Å². The monoisotopic (exact) mass is 365 g/mol. The molecule has 0 fully saturated rings. The van der Waals surface area contributed by atoms with E-state index in [1.807, 2.05) is 12.1 Å². The van der Waals surface area contributed by atoms with Gasteiger partial charge < -0.3 is 10.1 Å². The highest BCUT2D eigenvalue weighted by molar-refractivity contribution is 9.11. The van der Waals surface area contributed by atoms with Gasteiger partial charge in [-0.2, -0.15) is 13.2 Å². The third-order valence-electron chi connectivity index (χ3n) is 2.35. The van der Waals surface area contributed by atoms with Gasteiger partial charge in [-0.3, -0.25) is 0 Å². The van der Waals surface area contributed by atoms with E-state index in [9.17, 15) is 13.2 Å². The lowest BCUT2D eigenvalue weighted by atomic mass is 10.3. The highest BCUT2D eigenvalue weighted by Crippen LogP contribution is 2.24. The fourth-order valence-electron chi connectivity index (χ4n) is 1.47. The van der Waals surface area contributed by atoms with Crippen LogP contribution in [0.15, 0.2) is 40.2 Å². The van der Waals surface area contributed by atoms with Gasteiger partial charge in [0, 0.05) is 17.1 Å². The molecule has 2 rings (SSSR count). The Hall–Kier alpha value is -1.21. The summed E-state index contributed by atoms with van der Waals surface area (Å²) in [6, 6.07) is 10.4. The smallest absolute Gasteiger partial charge is 0.422 e. The van der Waals surface area contributed by atoms with Crippen molar-refractivity contribution in [1.29, 1.82) is 0 Å². The summed E-state index contributed by atoms with van der Waals surface area (Å²) < 4.78 is 41.7. The van der Waals surface area contributed by atoms with Crippen LogP contribution in [0, 0.1) is 0 Å². The lowest BCUT2D eigenvalue weighted by Gasteiger charge is -2.10. The fourth-order valence-corrected chi connectivity index (χ4v) is 2.89. The van der Waals surface area contributed by atoms with Gasteiger partial charge in [-0.15, -0.1) is 11.3 Å². The Balaban J connectivity index is 1.85. The van der Waals surface area contributed by atoms with E-state index in [1.165, 1.54) is 12.1 Å². The highest BCUT2D eigenvalue weighted by atomic mass is 79.9. The second-order valence-corrected chi connectivity index (χ2v) is 6.54. The van der Waals surface area contributed by atoms with E-state index < -0.39 is 12.8 Å². The Morgan fingerprint density at radius 1 is 1.10 bits per heavy atom. The van der Waals surface area contributed by atoms with Gasteiger partial charge in [-0.05, 0) is 52.3 Å². The van der Waals surface area contributed by atoms with E-state index in [0.717, 1.165) is 14.4 Å². The largest absolute Gasteiger partial charge is 0.484 e. The van der Waals surface area contributed by atoms with Crippen LogP contribution in [0.1, 0.15) is 4.88 Å². The maximum atomic E-state index is 12.0. The molecule has 0 atom stereocenters. The van der Waals surface area contributed by atoms with Crippen LogP contribution in [0.2, 0.25) is 0 Å². The topological polar surface area (TPSA) is 21.3 Å². The molecular weight excluding hydrogens is 355 g/mol. The summed E-state index contributed by atoms with van der Waals surface area (Å²) in [7, 11) is 0. The summed E-state index contributed by atoms with van der Waals surface area (Å²) in [6.07, 6.45) is -4.32. The molecule has 0 aliphatic carbocycles. The first kappa shape index (κ1) is 15.2. The van der Waals surface area contributed by atoms with Gasteiger partial charge in [0.1, 0.15) is 5.75 Å². The van der Waals surface area contributed by atoms with Crippen LogP contribution < -0.4 is 10.1 Å². The number of halogens is 4. The third kappa shape index (κ3) is 5.05. The third-order valence-corrected chi connectivity index (χ3v) is 3.98. The van der Waals surface area contributed by atoms with Crippen molar-refractivity contribution in [2.24, 2.45) is 0 Å². The van der Waals surface area contributed by atoms with Crippen molar-refractivity contribution in [3.63, 3.8) is 0 Å². The van der Waals surface area contributed by atoms with Crippen molar-refractivity contribution in [1.82, 2.24) is 0 Å². The summed E-state index contributed by atoms with van der Waals surface area (Å²) in [6.45, 7) is -0.609. The van der Waals surface area contributed by atoms with Crippen LogP contribution in [0.4, 0.5) is 18.9 Å². The van der Waals surface area contributed by atoms with E-state index >= 15 is 0 Å². The van der Waals surface area contributed by atoms with E-state index in [4.69, 9.17) is 0 Å². The highest BCUT2D eigenvalue weighted by Gasteiger charge is 2.28. The second-order valence-electron chi connectivity index (χ2n) is 3.99. The number of anilines is 1. The van der Waals surface area contributed by atoms with Gasteiger partial charge in [0.05, 0.1) is 3.79 Å². The average Bonchev–Trinajstić information content (AvgIpc) is 2.80. The second kappa shape index (κ2) is 6.49. The molecule has 0 bridgehead atoms.